The molecule has 0 N–H and O–H groups in total. The first-order valence-corrected chi connectivity index (χ1v) is 9.41. The molecule has 0 fully saturated rings. The van der Waals surface area contributed by atoms with Gasteiger partial charge in [0, 0.05) is 24.2 Å². The Hall–Kier alpha value is -2.84. The van der Waals surface area contributed by atoms with Crippen molar-refractivity contribution in [2.45, 2.75) is 26.5 Å². The maximum Gasteiger partial charge on any atom is 0.255 e. The number of likely N-dealkylation sites (N-methyl/N-ethyl adjacent to an activating group) is 1. The molecule has 0 saturated carbocycles. The quantitative estimate of drug-likeness (QED) is 0.719. The molecule has 0 saturated heterocycles. The standard InChI is InChI=1S/C22H25N3O2/c1-3-24(4-2)12-13-25-21(15-23)20-14-18(10-11-19(20)22(25)26)27-16-17-8-6-5-7-9-17/h5-11,14,21H,3-4,12-13,16H2,1-2H3. The van der Waals surface area contributed by atoms with Gasteiger partial charge in [-0.1, -0.05) is 44.2 Å². The molecule has 0 aromatic heterocycles. The molecule has 1 amide bonds. The van der Waals surface area contributed by atoms with Gasteiger partial charge in [0.1, 0.15) is 18.4 Å². The van der Waals surface area contributed by atoms with Gasteiger partial charge in [-0.3, -0.25) is 4.79 Å². The van der Waals surface area contributed by atoms with E-state index in [-0.39, 0.29) is 5.91 Å². The summed E-state index contributed by atoms with van der Waals surface area (Å²) in [6.07, 6.45) is 0. The number of rotatable bonds is 8. The minimum absolute atomic E-state index is 0.0710. The molecule has 5 nitrogen and oxygen atoms in total. The van der Waals surface area contributed by atoms with Crippen LogP contribution >= 0.6 is 0 Å². The van der Waals surface area contributed by atoms with Crippen LogP contribution in [0.5, 0.6) is 5.75 Å². The first kappa shape index (κ1) is 18.9. The fourth-order valence-corrected chi connectivity index (χ4v) is 3.39. The van der Waals surface area contributed by atoms with Gasteiger partial charge >= 0.3 is 0 Å². The van der Waals surface area contributed by atoms with Crippen LogP contribution < -0.4 is 4.74 Å². The highest BCUT2D eigenvalue weighted by atomic mass is 16.5. The SMILES string of the molecule is CCN(CC)CCN1C(=O)c2ccc(OCc3ccccc3)cc2C1C#N. The van der Waals surface area contributed by atoms with Crippen LogP contribution in [-0.2, 0) is 6.61 Å². The van der Waals surface area contributed by atoms with Crippen LogP contribution in [0.2, 0.25) is 0 Å². The maximum atomic E-state index is 12.8. The van der Waals surface area contributed by atoms with Crippen LogP contribution in [0.25, 0.3) is 0 Å². The van der Waals surface area contributed by atoms with E-state index in [0.29, 0.717) is 24.5 Å². The number of fused-ring (bicyclic) bond motifs is 1. The summed E-state index contributed by atoms with van der Waals surface area (Å²) in [5.74, 6) is 0.606. The Morgan fingerprint density at radius 1 is 1.15 bits per heavy atom. The molecule has 1 atom stereocenters. The molecule has 27 heavy (non-hydrogen) atoms. The molecule has 0 bridgehead atoms. The first-order valence-electron chi connectivity index (χ1n) is 9.41. The summed E-state index contributed by atoms with van der Waals surface area (Å²) < 4.78 is 5.87. The maximum absolute atomic E-state index is 12.8. The zero-order valence-electron chi connectivity index (χ0n) is 15.9. The zero-order valence-corrected chi connectivity index (χ0v) is 15.9. The normalized spacial score (nSPS) is 15.7. The number of benzene rings is 2. The number of nitrogens with zero attached hydrogens (tertiary/aromatic N) is 3. The molecular formula is C22H25N3O2. The summed E-state index contributed by atoms with van der Waals surface area (Å²) in [6, 6.07) is 17.1. The second kappa shape index (κ2) is 8.70. The molecule has 3 rings (SSSR count). The van der Waals surface area contributed by atoms with Crippen molar-refractivity contribution in [3.63, 3.8) is 0 Å². The highest BCUT2D eigenvalue weighted by Gasteiger charge is 2.37. The number of amides is 1. The lowest BCUT2D eigenvalue weighted by Gasteiger charge is -2.25. The van der Waals surface area contributed by atoms with Crippen LogP contribution in [0.3, 0.4) is 0 Å². The van der Waals surface area contributed by atoms with Gasteiger partial charge in [-0.05, 0) is 36.9 Å². The number of hydrogen-bond acceptors (Lipinski definition) is 4. The smallest absolute Gasteiger partial charge is 0.255 e. The molecule has 1 heterocycles. The predicted molar refractivity (Wildman–Crippen MR) is 104 cm³/mol. The van der Waals surface area contributed by atoms with E-state index >= 15 is 0 Å². The van der Waals surface area contributed by atoms with Gasteiger partial charge in [0.25, 0.3) is 5.91 Å². The monoisotopic (exact) mass is 363 g/mol. The molecule has 0 aliphatic carbocycles. The molecule has 1 aliphatic rings. The largest absolute Gasteiger partial charge is 0.489 e. The summed E-state index contributed by atoms with van der Waals surface area (Å²) in [5, 5.41) is 9.68. The van der Waals surface area contributed by atoms with E-state index in [1.165, 1.54) is 0 Å². The fourth-order valence-electron chi connectivity index (χ4n) is 3.39. The molecule has 0 radical (unpaired) electrons. The van der Waals surface area contributed by atoms with Crippen LogP contribution in [-0.4, -0.2) is 41.9 Å². The second-order valence-electron chi connectivity index (χ2n) is 6.58. The Balaban J connectivity index is 1.74. The van der Waals surface area contributed by atoms with Crippen LogP contribution in [0.1, 0.15) is 41.4 Å². The number of carbonyl (C=O) groups excluding carboxylic acids is 1. The summed E-state index contributed by atoms with van der Waals surface area (Å²) in [5.41, 5.74) is 2.42. The molecule has 2 aromatic rings. The molecule has 1 aliphatic heterocycles. The Bertz CT molecular complexity index is 825. The van der Waals surface area contributed by atoms with Gasteiger partial charge in [-0.2, -0.15) is 5.26 Å². The van der Waals surface area contributed by atoms with E-state index < -0.39 is 6.04 Å². The van der Waals surface area contributed by atoms with Crippen LogP contribution in [0, 0.1) is 11.3 Å². The van der Waals surface area contributed by atoms with Gasteiger partial charge in [-0.15, -0.1) is 0 Å². The molecular weight excluding hydrogens is 338 g/mol. The van der Waals surface area contributed by atoms with Crippen molar-refractivity contribution in [2.75, 3.05) is 26.2 Å². The van der Waals surface area contributed by atoms with Gasteiger partial charge in [-0.25, -0.2) is 0 Å². The highest BCUT2D eigenvalue weighted by molar-refractivity contribution is 5.99. The lowest BCUT2D eigenvalue weighted by molar-refractivity contribution is 0.0738. The minimum Gasteiger partial charge on any atom is -0.489 e. The third kappa shape index (κ3) is 4.12. The van der Waals surface area contributed by atoms with Gasteiger partial charge in [0.15, 0.2) is 0 Å². The summed E-state index contributed by atoms with van der Waals surface area (Å²) >= 11 is 0. The zero-order chi connectivity index (χ0) is 19.2. The lowest BCUT2D eigenvalue weighted by Crippen LogP contribution is -2.36. The molecule has 1 unspecified atom stereocenters. The number of ether oxygens (including phenoxy) is 1. The second-order valence-corrected chi connectivity index (χ2v) is 6.58. The molecule has 2 aromatic carbocycles. The van der Waals surface area contributed by atoms with Crippen LogP contribution in [0.4, 0.5) is 0 Å². The average molecular weight is 363 g/mol. The van der Waals surface area contributed by atoms with Gasteiger partial charge < -0.3 is 14.5 Å². The Kier molecular flexibility index (Phi) is 6.10. The summed E-state index contributed by atoms with van der Waals surface area (Å²) in [7, 11) is 0. The molecule has 0 spiro atoms. The predicted octanol–water partition coefficient (Wildman–Crippen LogP) is 3.63. The van der Waals surface area contributed by atoms with Crippen molar-refractivity contribution >= 4 is 5.91 Å². The van der Waals surface area contributed by atoms with Crippen molar-refractivity contribution in [3.05, 3.63) is 65.2 Å². The Morgan fingerprint density at radius 2 is 1.89 bits per heavy atom. The van der Waals surface area contributed by atoms with Crippen LogP contribution in [0.15, 0.2) is 48.5 Å². The van der Waals surface area contributed by atoms with E-state index in [2.05, 4.69) is 24.8 Å². The van der Waals surface area contributed by atoms with Crippen molar-refractivity contribution in [1.29, 1.82) is 5.26 Å². The van der Waals surface area contributed by atoms with E-state index in [9.17, 15) is 10.1 Å². The first-order chi connectivity index (χ1) is 13.2. The van der Waals surface area contributed by atoms with Crippen molar-refractivity contribution in [2.24, 2.45) is 0 Å². The molecule has 140 valence electrons. The number of nitriles is 1. The third-order valence-electron chi connectivity index (χ3n) is 5.04. The highest BCUT2D eigenvalue weighted by Crippen LogP contribution is 2.35. The topological polar surface area (TPSA) is 56.6 Å². The number of hydrogen-bond donors (Lipinski definition) is 0. The third-order valence-corrected chi connectivity index (χ3v) is 5.04. The Morgan fingerprint density at radius 3 is 2.56 bits per heavy atom. The van der Waals surface area contributed by atoms with Gasteiger partial charge in [0.05, 0.1) is 6.07 Å². The van der Waals surface area contributed by atoms with E-state index in [0.717, 1.165) is 30.8 Å². The molecule has 5 heteroatoms. The summed E-state index contributed by atoms with van der Waals surface area (Å²) in [6.45, 7) is 7.83. The van der Waals surface area contributed by atoms with Crippen molar-refractivity contribution in [1.82, 2.24) is 9.80 Å². The minimum atomic E-state index is -0.552. The van der Waals surface area contributed by atoms with E-state index in [1.54, 1.807) is 11.0 Å². The van der Waals surface area contributed by atoms with Crippen molar-refractivity contribution < 1.29 is 9.53 Å². The lowest BCUT2D eigenvalue weighted by atomic mass is 10.1. The van der Waals surface area contributed by atoms with Gasteiger partial charge in [0.2, 0.25) is 0 Å². The fraction of sp³-hybridized carbons (Fsp3) is 0.364. The van der Waals surface area contributed by atoms with E-state index in [1.807, 2.05) is 42.5 Å². The van der Waals surface area contributed by atoms with E-state index in [4.69, 9.17) is 4.74 Å². The van der Waals surface area contributed by atoms with Crippen molar-refractivity contribution in [3.8, 4) is 11.8 Å². The number of carbonyl (C=O) groups is 1. The summed E-state index contributed by atoms with van der Waals surface area (Å²) in [4.78, 5) is 16.7. The average Bonchev–Trinajstić information content (AvgIpc) is 2.98. The Labute approximate surface area is 160 Å².